The molecule has 0 unspecified atom stereocenters. The molecule has 3 aromatic rings. The molecule has 3 aromatic carbocycles. The second-order valence-electron chi connectivity index (χ2n) is 7.01. The summed E-state index contributed by atoms with van der Waals surface area (Å²) in [5, 5.41) is 0. The Balaban J connectivity index is 2.19. The zero-order valence-electron chi connectivity index (χ0n) is 16.7. The van der Waals surface area contributed by atoms with E-state index in [0.29, 0.717) is 32.8 Å². The van der Waals surface area contributed by atoms with Crippen LogP contribution >= 0.6 is 31.9 Å². The Kier molecular flexibility index (Phi) is 6.81. The number of ketones is 1. The molecule has 0 aliphatic heterocycles. The summed E-state index contributed by atoms with van der Waals surface area (Å²) in [5.41, 5.74) is 3.04. The molecule has 5 heteroatoms. The van der Waals surface area contributed by atoms with E-state index in [-0.39, 0.29) is 11.7 Å². The lowest BCUT2D eigenvalue weighted by atomic mass is 9.95. The van der Waals surface area contributed by atoms with Gasteiger partial charge in [0.15, 0.2) is 11.5 Å². The maximum absolute atomic E-state index is 13.4. The minimum absolute atomic E-state index is 0.121. The summed E-state index contributed by atoms with van der Waals surface area (Å²) in [4.78, 5) is 13.4. The lowest BCUT2D eigenvalue weighted by Crippen LogP contribution is -2.07. The van der Waals surface area contributed by atoms with Gasteiger partial charge in [0.2, 0.25) is 0 Å². The largest absolute Gasteiger partial charge is 0.496 e. The van der Waals surface area contributed by atoms with Crippen molar-refractivity contribution in [1.82, 2.24) is 0 Å². The van der Waals surface area contributed by atoms with E-state index in [0.717, 1.165) is 15.6 Å². The van der Waals surface area contributed by atoms with Crippen molar-refractivity contribution in [3.05, 3.63) is 85.8 Å². The molecule has 0 spiro atoms. The van der Waals surface area contributed by atoms with Crippen molar-refractivity contribution in [3.63, 3.8) is 0 Å². The van der Waals surface area contributed by atoms with Crippen LogP contribution < -0.4 is 9.47 Å². The second-order valence-corrected chi connectivity index (χ2v) is 8.66. The van der Waals surface area contributed by atoms with E-state index in [1.807, 2.05) is 43.3 Å². The van der Waals surface area contributed by atoms with E-state index >= 15 is 0 Å². The second kappa shape index (κ2) is 9.14. The normalized spacial score (nSPS) is 10.9. The van der Waals surface area contributed by atoms with Crippen LogP contribution in [-0.4, -0.2) is 12.9 Å². The summed E-state index contributed by atoms with van der Waals surface area (Å²) in [6.07, 6.45) is 0. The first-order chi connectivity index (χ1) is 13.8. The number of hydrogen-bond donors (Lipinski definition) is 0. The molecule has 0 bridgehead atoms. The molecule has 3 rings (SSSR count). The fraction of sp³-hybridized carbons (Fsp3) is 0.208. The molecule has 0 aromatic heterocycles. The molecule has 0 atom stereocenters. The number of aryl methyl sites for hydroxylation is 1. The van der Waals surface area contributed by atoms with Crippen molar-refractivity contribution in [2.75, 3.05) is 7.11 Å². The zero-order chi connectivity index (χ0) is 21.1. The van der Waals surface area contributed by atoms with Gasteiger partial charge in [0.1, 0.15) is 11.5 Å². The number of rotatable bonds is 6. The van der Waals surface area contributed by atoms with Gasteiger partial charge in [-0.15, -0.1) is 0 Å². The molecule has 0 fully saturated rings. The third-order valence-electron chi connectivity index (χ3n) is 4.55. The Hall–Kier alpha value is -2.11. The Morgan fingerprint density at radius 2 is 1.83 bits per heavy atom. The summed E-state index contributed by atoms with van der Waals surface area (Å²) in [6.45, 7) is 6.11. The lowest BCUT2D eigenvalue weighted by molar-refractivity contribution is 0.103. The standard InChI is InChI=1S/C24H21Br2O3/c1-14(2)17-12-22(29-24-19(25)9-6-10-20(24)26)18(13-21(17)28-4)23(27)16-8-5-7-15(3)11-16/h5-9,11-14H,1-4H3. The Morgan fingerprint density at radius 1 is 1.07 bits per heavy atom. The monoisotopic (exact) mass is 515 g/mol. The van der Waals surface area contributed by atoms with Crippen LogP contribution in [0.5, 0.6) is 17.2 Å². The number of halogens is 2. The van der Waals surface area contributed by atoms with Crippen LogP contribution in [0.25, 0.3) is 0 Å². The van der Waals surface area contributed by atoms with Crippen LogP contribution in [0.2, 0.25) is 0 Å². The van der Waals surface area contributed by atoms with Crippen molar-refractivity contribution >= 4 is 37.6 Å². The number of hydrogen-bond acceptors (Lipinski definition) is 3. The molecule has 0 aliphatic carbocycles. The molecular formula is C24H21Br2O3. The fourth-order valence-electron chi connectivity index (χ4n) is 3.04. The van der Waals surface area contributed by atoms with Crippen molar-refractivity contribution in [3.8, 4) is 17.2 Å². The lowest BCUT2D eigenvalue weighted by Gasteiger charge is -2.18. The molecule has 0 heterocycles. The average Bonchev–Trinajstić information content (AvgIpc) is 2.69. The van der Waals surface area contributed by atoms with Gasteiger partial charge in [-0.3, -0.25) is 4.79 Å². The van der Waals surface area contributed by atoms with Crippen LogP contribution in [0.1, 0.15) is 46.8 Å². The van der Waals surface area contributed by atoms with Gasteiger partial charge in [-0.05, 0) is 69.0 Å². The highest BCUT2D eigenvalue weighted by molar-refractivity contribution is 9.11. The highest BCUT2D eigenvalue weighted by Crippen LogP contribution is 2.41. The van der Waals surface area contributed by atoms with Gasteiger partial charge < -0.3 is 9.47 Å². The first kappa shape index (κ1) is 21.6. The molecule has 0 N–H and O–H groups in total. The highest BCUT2D eigenvalue weighted by Gasteiger charge is 2.22. The van der Waals surface area contributed by atoms with Gasteiger partial charge in [-0.25, -0.2) is 0 Å². The van der Waals surface area contributed by atoms with E-state index < -0.39 is 0 Å². The zero-order valence-corrected chi connectivity index (χ0v) is 19.8. The predicted molar refractivity (Wildman–Crippen MR) is 122 cm³/mol. The number of methoxy groups -OCH3 is 1. The van der Waals surface area contributed by atoms with Gasteiger partial charge in [0, 0.05) is 17.2 Å². The summed E-state index contributed by atoms with van der Waals surface area (Å²) < 4.78 is 13.2. The van der Waals surface area contributed by atoms with Crippen LogP contribution in [0.3, 0.4) is 0 Å². The Morgan fingerprint density at radius 3 is 2.45 bits per heavy atom. The van der Waals surface area contributed by atoms with Crippen LogP contribution in [0.4, 0.5) is 0 Å². The van der Waals surface area contributed by atoms with Crippen LogP contribution in [0, 0.1) is 13.0 Å². The van der Waals surface area contributed by atoms with Crippen molar-refractivity contribution in [2.45, 2.75) is 26.7 Å². The predicted octanol–water partition coefficient (Wildman–Crippen LogP) is 7.48. The quantitative estimate of drug-likeness (QED) is 0.318. The molecule has 1 radical (unpaired) electrons. The van der Waals surface area contributed by atoms with E-state index in [2.05, 4.69) is 51.8 Å². The minimum Gasteiger partial charge on any atom is -0.496 e. The molecule has 0 saturated heterocycles. The molecule has 0 aliphatic rings. The maximum Gasteiger partial charge on any atom is 0.196 e. The SMILES string of the molecule is COc1cc(C(=O)c2cccc(C)c2)c(Oc2c(Br)[c]ccc2Br)cc1C(C)C. The molecule has 3 nitrogen and oxygen atoms in total. The van der Waals surface area contributed by atoms with Crippen LogP contribution in [-0.2, 0) is 0 Å². The first-order valence-corrected chi connectivity index (χ1v) is 10.8. The fourth-order valence-corrected chi connectivity index (χ4v) is 4.15. The van der Waals surface area contributed by atoms with Crippen molar-refractivity contribution in [1.29, 1.82) is 0 Å². The number of carbonyl (C=O) groups excluding carboxylic acids is 1. The molecular weight excluding hydrogens is 496 g/mol. The van der Waals surface area contributed by atoms with E-state index in [1.165, 1.54) is 0 Å². The summed E-state index contributed by atoms with van der Waals surface area (Å²) in [6, 6.07) is 17.9. The molecule has 29 heavy (non-hydrogen) atoms. The summed E-state index contributed by atoms with van der Waals surface area (Å²) >= 11 is 6.99. The Labute approximate surface area is 188 Å². The first-order valence-electron chi connectivity index (χ1n) is 9.18. The number of ether oxygens (including phenoxy) is 2. The van der Waals surface area contributed by atoms with Gasteiger partial charge in [0.05, 0.1) is 21.6 Å². The average molecular weight is 517 g/mol. The van der Waals surface area contributed by atoms with Crippen molar-refractivity contribution in [2.24, 2.45) is 0 Å². The smallest absolute Gasteiger partial charge is 0.196 e. The summed E-state index contributed by atoms with van der Waals surface area (Å²) in [7, 11) is 1.61. The number of carbonyl (C=O) groups is 1. The van der Waals surface area contributed by atoms with Crippen molar-refractivity contribution < 1.29 is 14.3 Å². The van der Waals surface area contributed by atoms with E-state index in [4.69, 9.17) is 9.47 Å². The van der Waals surface area contributed by atoms with Gasteiger partial charge >= 0.3 is 0 Å². The van der Waals surface area contributed by atoms with E-state index in [1.54, 1.807) is 19.2 Å². The minimum atomic E-state index is -0.121. The van der Waals surface area contributed by atoms with Gasteiger partial charge in [-0.1, -0.05) is 43.7 Å². The molecule has 0 amide bonds. The van der Waals surface area contributed by atoms with E-state index in [9.17, 15) is 4.79 Å². The topological polar surface area (TPSA) is 35.5 Å². The number of benzene rings is 3. The third-order valence-corrected chi connectivity index (χ3v) is 5.76. The van der Waals surface area contributed by atoms with Gasteiger partial charge in [-0.2, -0.15) is 0 Å². The summed E-state index contributed by atoms with van der Waals surface area (Å²) in [5.74, 6) is 1.78. The third kappa shape index (κ3) is 4.73. The van der Waals surface area contributed by atoms with Crippen LogP contribution in [0.15, 0.2) is 57.5 Å². The highest BCUT2D eigenvalue weighted by atomic mass is 79.9. The molecule has 149 valence electrons. The maximum atomic E-state index is 13.4. The van der Waals surface area contributed by atoms with Gasteiger partial charge in [0.25, 0.3) is 0 Å². The Bertz CT molecular complexity index is 1040. The molecule has 0 saturated carbocycles.